The van der Waals surface area contributed by atoms with Gasteiger partial charge in [-0.2, -0.15) is 0 Å². The van der Waals surface area contributed by atoms with Gasteiger partial charge in [-0.3, -0.25) is 24.0 Å². The van der Waals surface area contributed by atoms with Gasteiger partial charge in [-0.05, 0) is 57.1 Å². The average Bonchev–Trinajstić information content (AvgIpc) is 3.91. The van der Waals surface area contributed by atoms with E-state index in [1.807, 2.05) is 0 Å². The maximum Gasteiger partial charge on any atom is 0.410 e. The first-order valence-corrected chi connectivity index (χ1v) is 18.6. The Morgan fingerprint density at radius 1 is 1.08 bits per heavy atom. The summed E-state index contributed by atoms with van der Waals surface area (Å²) in [7, 11) is -3.94. The van der Waals surface area contributed by atoms with Crippen LogP contribution in [-0.4, -0.2) is 89.2 Å². The lowest BCUT2D eigenvalue weighted by Gasteiger charge is -2.36. The van der Waals surface area contributed by atoms with E-state index in [0.29, 0.717) is 24.0 Å². The highest BCUT2D eigenvalue weighted by Crippen LogP contribution is 2.46. The molecule has 280 valence electrons. The number of rotatable bonds is 9. The van der Waals surface area contributed by atoms with Gasteiger partial charge in [0.1, 0.15) is 35.1 Å². The number of fused-ring (bicyclic) bond motifs is 1. The van der Waals surface area contributed by atoms with Crippen molar-refractivity contribution < 1.29 is 46.3 Å². The Labute approximate surface area is 297 Å². The topological polar surface area (TPSA) is 181 Å². The molecule has 0 bridgehead atoms. The van der Waals surface area contributed by atoms with Gasteiger partial charge in [0, 0.05) is 23.9 Å². The zero-order valence-corrected chi connectivity index (χ0v) is 30.9. The Hall–Kier alpha value is -4.21. The Morgan fingerprint density at radius 3 is 2.29 bits per heavy atom. The van der Waals surface area contributed by atoms with Crippen LogP contribution >= 0.6 is 0 Å². The molecule has 0 radical (unpaired) electrons. The number of alkyl carbamates (subject to hydrolysis) is 1. The van der Waals surface area contributed by atoms with Crippen molar-refractivity contribution in [2.24, 2.45) is 17.3 Å². The lowest BCUT2D eigenvalue weighted by atomic mass is 9.85. The summed E-state index contributed by atoms with van der Waals surface area (Å²) in [6, 6.07) is 2.05. The molecule has 1 saturated heterocycles. The minimum absolute atomic E-state index is 0.0231. The molecule has 1 aromatic carbocycles. The molecule has 6 atom stereocenters. The number of benzene rings is 1. The van der Waals surface area contributed by atoms with Gasteiger partial charge in [-0.1, -0.05) is 45.9 Å². The number of hydrogen-bond donors (Lipinski definition) is 3. The molecule has 14 nitrogen and oxygen atoms in total. The first kappa shape index (κ1) is 38.0. The molecule has 16 heteroatoms. The molecule has 0 unspecified atom stereocenters. The van der Waals surface area contributed by atoms with E-state index in [-0.39, 0.29) is 26.1 Å². The van der Waals surface area contributed by atoms with E-state index in [4.69, 9.17) is 9.47 Å². The van der Waals surface area contributed by atoms with Crippen molar-refractivity contribution in [2.45, 2.75) is 115 Å². The van der Waals surface area contributed by atoms with E-state index < -0.39 is 97.6 Å². The van der Waals surface area contributed by atoms with Crippen LogP contribution in [0.2, 0.25) is 0 Å². The van der Waals surface area contributed by atoms with Crippen LogP contribution in [0.3, 0.4) is 0 Å². The predicted molar refractivity (Wildman–Crippen MR) is 182 cm³/mol. The van der Waals surface area contributed by atoms with Crippen molar-refractivity contribution in [3.05, 3.63) is 47.8 Å². The maximum atomic E-state index is 14.4. The molecule has 2 heterocycles. The van der Waals surface area contributed by atoms with E-state index in [1.165, 1.54) is 21.9 Å². The number of nitrogens with zero attached hydrogens (tertiary/aromatic N) is 2. The van der Waals surface area contributed by atoms with Gasteiger partial charge in [0.2, 0.25) is 21.8 Å². The first-order chi connectivity index (χ1) is 23.6. The molecule has 5 amide bonds. The van der Waals surface area contributed by atoms with Crippen LogP contribution in [-0.2, 0) is 47.0 Å². The van der Waals surface area contributed by atoms with E-state index >= 15 is 0 Å². The lowest BCUT2D eigenvalue weighted by Crippen LogP contribution is -2.61. The van der Waals surface area contributed by atoms with Crippen LogP contribution < -0.4 is 15.4 Å². The third-order valence-corrected chi connectivity index (χ3v) is 11.6. The number of halogens is 1. The van der Waals surface area contributed by atoms with Crippen LogP contribution in [0.4, 0.5) is 14.0 Å². The molecule has 5 rings (SSSR count). The lowest BCUT2D eigenvalue weighted by molar-refractivity contribution is -0.143. The van der Waals surface area contributed by atoms with E-state index in [9.17, 15) is 36.8 Å². The molecule has 4 aliphatic rings. The highest BCUT2D eigenvalue weighted by Gasteiger charge is 2.62. The van der Waals surface area contributed by atoms with Crippen molar-refractivity contribution in [3.63, 3.8) is 0 Å². The fraction of sp³-hybridized carbons (Fsp3) is 0.629. The fourth-order valence-corrected chi connectivity index (χ4v) is 8.04. The molecule has 0 aromatic heterocycles. The number of carbonyl (C=O) groups is 5. The predicted octanol–water partition coefficient (Wildman–Crippen LogP) is 3.10. The highest BCUT2D eigenvalue weighted by atomic mass is 32.2. The zero-order valence-electron chi connectivity index (χ0n) is 30.1. The molecular formula is C35H48FN5O9S. The number of likely N-dealkylation sites (tertiary alicyclic amines) is 1. The van der Waals surface area contributed by atoms with Gasteiger partial charge in [-0.15, -0.1) is 6.58 Å². The summed E-state index contributed by atoms with van der Waals surface area (Å²) < 4.78 is 53.2. The van der Waals surface area contributed by atoms with Gasteiger partial charge < -0.3 is 25.0 Å². The summed E-state index contributed by atoms with van der Waals surface area (Å²) in [5.41, 5.74) is -2.38. The SMILES string of the molecule is C=C[C@@H]1C[C@]1(NC(=O)[C@@H]1[C@@H](C)[C@@H](OC(=O)N2Cc3cccc(F)c3C2)CN1C(=O)[C@@H](NC(=O)OC(C)(C)C)C(C)(C)C)C(=O)NS(=O)(=O)C1CC1. The van der Waals surface area contributed by atoms with Crippen molar-refractivity contribution in [3.8, 4) is 0 Å². The zero-order chi connectivity index (χ0) is 37.8. The van der Waals surface area contributed by atoms with Gasteiger partial charge in [0.15, 0.2) is 0 Å². The number of nitrogens with one attached hydrogen (secondary N) is 3. The van der Waals surface area contributed by atoms with E-state index in [0.717, 1.165) is 0 Å². The second kappa shape index (κ2) is 13.4. The van der Waals surface area contributed by atoms with Gasteiger partial charge in [-0.25, -0.2) is 22.4 Å². The second-order valence-corrected chi connectivity index (χ2v) is 18.0. The van der Waals surface area contributed by atoms with Crippen LogP contribution in [0.25, 0.3) is 0 Å². The maximum absolute atomic E-state index is 14.4. The summed E-state index contributed by atoms with van der Waals surface area (Å²) in [4.78, 5) is 71.0. The van der Waals surface area contributed by atoms with Crippen LogP contribution in [0, 0.1) is 23.1 Å². The first-order valence-electron chi connectivity index (χ1n) is 17.1. The molecule has 2 aliphatic heterocycles. The number of sulfonamides is 1. The number of hydrogen-bond acceptors (Lipinski definition) is 9. The summed E-state index contributed by atoms with van der Waals surface area (Å²) in [5.74, 6) is -4.22. The normalized spacial score (nSPS) is 26.4. The minimum Gasteiger partial charge on any atom is -0.444 e. The Kier molecular flexibility index (Phi) is 9.99. The van der Waals surface area contributed by atoms with Gasteiger partial charge >= 0.3 is 12.2 Å². The standard InChI is InChI=1S/C35H48FN5O9S/c1-9-21-15-35(21,30(44)39-51(47,48)22-13-14-22)38-28(42)26-19(2)25(49-32(46)40-16-20-11-10-12-24(36)23(20)17-40)18-41(26)29(43)27(33(3,4)5)37-31(45)50-34(6,7)8/h9-12,19,21-22,25-27H,1,13-18H2,2-8H3,(H,37,45)(H,38,42)(H,39,44)/t19-,21+,25-,26-,27+,35+/m0/s1. The van der Waals surface area contributed by atoms with Gasteiger partial charge in [0.25, 0.3) is 5.91 Å². The molecule has 51 heavy (non-hydrogen) atoms. The molecule has 2 saturated carbocycles. The molecule has 1 aromatic rings. The Morgan fingerprint density at radius 2 is 1.75 bits per heavy atom. The Bertz CT molecular complexity index is 1730. The third kappa shape index (κ3) is 8.00. The molecule has 3 fully saturated rings. The van der Waals surface area contributed by atoms with Crippen LogP contribution in [0.5, 0.6) is 0 Å². The number of amides is 5. The second-order valence-electron chi connectivity index (χ2n) is 16.1. The summed E-state index contributed by atoms with van der Waals surface area (Å²) >= 11 is 0. The summed E-state index contributed by atoms with van der Waals surface area (Å²) in [6.45, 7) is 15.4. The number of ether oxygens (including phenoxy) is 2. The third-order valence-electron chi connectivity index (χ3n) is 9.81. The molecule has 0 spiro atoms. The monoisotopic (exact) mass is 733 g/mol. The minimum atomic E-state index is -3.94. The molecule has 2 aliphatic carbocycles. The summed E-state index contributed by atoms with van der Waals surface area (Å²) in [5, 5.41) is 4.68. The van der Waals surface area contributed by atoms with E-state index in [2.05, 4.69) is 21.9 Å². The highest BCUT2D eigenvalue weighted by molar-refractivity contribution is 7.91. The van der Waals surface area contributed by atoms with Gasteiger partial charge in [0.05, 0.1) is 18.3 Å². The van der Waals surface area contributed by atoms with Crippen molar-refractivity contribution >= 4 is 39.9 Å². The average molecular weight is 734 g/mol. The number of carbonyl (C=O) groups excluding carboxylic acids is 5. The van der Waals surface area contributed by atoms with Crippen molar-refractivity contribution in [1.29, 1.82) is 0 Å². The molecule has 3 N–H and O–H groups in total. The van der Waals surface area contributed by atoms with Crippen LogP contribution in [0.15, 0.2) is 30.9 Å². The summed E-state index contributed by atoms with van der Waals surface area (Å²) in [6.07, 6.45) is -0.270. The fourth-order valence-electron chi connectivity index (χ4n) is 6.68. The Balaban J connectivity index is 1.42. The quantitative estimate of drug-likeness (QED) is 0.322. The van der Waals surface area contributed by atoms with Crippen LogP contribution in [0.1, 0.15) is 78.9 Å². The van der Waals surface area contributed by atoms with Crippen molar-refractivity contribution in [2.75, 3.05) is 6.54 Å². The smallest absolute Gasteiger partial charge is 0.410 e. The van der Waals surface area contributed by atoms with Crippen molar-refractivity contribution in [1.82, 2.24) is 25.2 Å². The van der Waals surface area contributed by atoms with E-state index in [1.54, 1.807) is 60.6 Å². The largest absolute Gasteiger partial charge is 0.444 e. The molecular weight excluding hydrogens is 685 g/mol.